The summed E-state index contributed by atoms with van der Waals surface area (Å²) in [6.45, 7) is 3.39. The van der Waals surface area contributed by atoms with E-state index in [0.717, 1.165) is 6.26 Å². The molecule has 0 aromatic carbocycles. The average molecular weight is 197 g/mol. The van der Waals surface area contributed by atoms with Gasteiger partial charge in [0.2, 0.25) is 10.0 Å². The summed E-state index contributed by atoms with van der Waals surface area (Å²) in [7, 11) is -3.24. The Bertz CT molecular complexity index is 212. The molecule has 0 aliphatic heterocycles. The molecule has 0 saturated carbocycles. The van der Waals surface area contributed by atoms with Gasteiger partial charge in [-0.15, -0.1) is 0 Å². The topological polar surface area (TPSA) is 75.6 Å². The molecule has 0 amide bonds. The van der Waals surface area contributed by atoms with Crippen LogP contribution in [0.4, 0.5) is 0 Å². The molecule has 0 fully saturated rings. The lowest BCUT2D eigenvalue weighted by molar-refractivity contribution is -0.119. The van der Waals surface area contributed by atoms with Crippen LogP contribution in [-0.2, 0) is 14.8 Å². The van der Waals surface area contributed by atoms with Crippen molar-refractivity contribution in [3.8, 4) is 0 Å². The molecule has 0 heterocycles. The summed E-state index contributed by atoms with van der Waals surface area (Å²) < 4.78 is 28.1. The minimum absolute atomic E-state index is 0.114. The molecule has 0 aliphatic rings. The van der Waals surface area contributed by atoms with Crippen molar-refractivity contribution in [3.05, 3.63) is 0 Å². The van der Waals surface area contributed by atoms with Crippen LogP contribution in [-0.4, -0.2) is 38.7 Å². The number of aliphatic hydroxyl groups excluding tert-OH is 1. The zero-order valence-electron chi connectivity index (χ0n) is 7.44. The molecule has 0 aromatic heterocycles. The summed E-state index contributed by atoms with van der Waals surface area (Å²) in [5, 5.41) is 9.03. The number of aliphatic hydroxyl groups is 1. The van der Waals surface area contributed by atoms with Crippen LogP contribution in [0.1, 0.15) is 13.8 Å². The smallest absolute Gasteiger partial charge is 0.208 e. The highest BCUT2D eigenvalue weighted by atomic mass is 32.2. The molecule has 5 nitrogen and oxygen atoms in total. The Labute approximate surface area is 72.8 Å². The van der Waals surface area contributed by atoms with Gasteiger partial charge in [0.05, 0.1) is 18.9 Å². The zero-order valence-corrected chi connectivity index (χ0v) is 8.26. The SMILES string of the molecule is CC(C)OC(O)CNS(C)(=O)=O. The van der Waals surface area contributed by atoms with E-state index in [1.54, 1.807) is 13.8 Å². The largest absolute Gasteiger partial charge is 0.367 e. The summed E-state index contributed by atoms with van der Waals surface area (Å²) >= 11 is 0. The maximum absolute atomic E-state index is 10.5. The van der Waals surface area contributed by atoms with Crippen LogP contribution in [0.3, 0.4) is 0 Å². The first-order valence-electron chi connectivity index (χ1n) is 3.59. The molecule has 12 heavy (non-hydrogen) atoms. The highest BCUT2D eigenvalue weighted by Crippen LogP contribution is 1.93. The fourth-order valence-electron chi connectivity index (χ4n) is 0.585. The van der Waals surface area contributed by atoms with Crippen molar-refractivity contribution in [1.29, 1.82) is 0 Å². The van der Waals surface area contributed by atoms with Crippen molar-refractivity contribution in [2.24, 2.45) is 0 Å². The van der Waals surface area contributed by atoms with Gasteiger partial charge in [-0.3, -0.25) is 0 Å². The third-order valence-corrected chi connectivity index (χ3v) is 1.64. The number of nitrogens with one attached hydrogen (secondary N) is 1. The minimum Gasteiger partial charge on any atom is -0.367 e. The van der Waals surface area contributed by atoms with Crippen LogP contribution < -0.4 is 4.72 Å². The summed E-state index contributed by atoms with van der Waals surface area (Å²) in [6, 6.07) is 0. The van der Waals surface area contributed by atoms with Gasteiger partial charge in [0.1, 0.15) is 0 Å². The molecule has 6 heteroatoms. The predicted octanol–water partition coefficient (Wildman–Crippen LogP) is -0.721. The van der Waals surface area contributed by atoms with Gasteiger partial charge in [-0.2, -0.15) is 0 Å². The lowest BCUT2D eigenvalue weighted by Gasteiger charge is -2.14. The van der Waals surface area contributed by atoms with Crippen molar-refractivity contribution in [2.45, 2.75) is 26.2 Å². The number of rotatable bonds is 5. The van der Waals surface area contributed by atoms with Crippen LogP contribution in [0, 0.1) is 0 Å². The van der Waals surface area contributed by atoms with Gasteiger partial charge in [0.15, 0.2) is 6.29 Å². The van der Waals surface area contributed by atoms with E-state index in [2.05, 4.69) is 4.72 Å². The Hall–Kier alpha value is -0.170. The van der Waals surface area contributed by atoms with E-state index < -0.39 is 16.3 Å². The van der Waals surface area contributed by atoms with Crippen LogP contribution in [0.5, 0.6) is 0 Å². The maximum Gasteiger partial charge on any atom is 0.208 e. The minimum atomic E-state index is -3.24. The molecule has 0 radical (unpaired) electrons. The van der Waals surface area contributed by atoms with Crippen LogP contribution >= 0.6 is 0 Å². The fourth-order valence-corrected chi connectivity index (χ4v) is 1.03. The van der Waals surface area contributed by atoms with E-state index in [1.807, 2.05) is 0 Å². The Balaban J connectivity index is 3.65. The zero-order chi connectivity index (χ0) is 9.78. The van der Waals surface area contributed by atoms with Crippen molar-refractivity contribution in [1.82, 2.24) is 4.72 Å². The molecule has 1 unspecified atom stereocenters. The fraction of sp³-hybridized carbons (Fsp3) is 1.00. The first kappa shape index (κ1) is 11.8. The summed E-state index contributed by atoms with van der Waals surface area (Å²) in [5.41, 5.74) is 0. The number of hydrogen-bond donors (Lipinski definition) is 2. The van der Waals surface area contributed by atoms with Crippen molar-refractivity contribution < 1.29 is 18.3 Å². The van der Waals surface area contributed by atoms with Crippen molar-refractivity contribution in [3.63, 3.8) is 0 Å². The van der Waals surface area contributed by atoms with Gasteiger partial charge in [0, 0.05) is 0 Å². The second-order valence-electron chi connectivity index (χ2n) is 2.76. The van der Waals surface area contributed by atoms with E-state index in [-0.39, 0.29) is 12.6 Å². The lowest BCUT2D eigenvalue weighted by Crippen LogP contribution is -2.34. The third-order valence-electron chi connectivity index (χ3n) is 0.949. The maximum atomic E-state index is 10.5. The van der Waals surface area contributed by atoms with Gasteiger partial charge in [-0.25, -0.2) is 13.1 Å². The molecule has 2 N–H and O–H groups in total. The van der Waals surface area contributed by atoms with Gasteiger partial charge in [0.25, 0.3) is 0 Å². The summed E-state index contributed by atoms with van der Waals surface area (Å²) in [6.07, 6.45) is -0.184. The number of ether oxygens (including phenoxy) is 1. The molecule has 0 rings (SSSR count). The highest BCUT2D eigenvalue weighted by molar-refractivity contribution is 7.88. The first-order chi connectivity index (χ1) is 5.31. The monoisotopic (exact) mass is 197 g/mol. The Morgan fingerprint density at radius 3 is 2.33 bits per heavy atom. The Kier molecular flexibility index (Phi) is 4.69. The van der Waals surface area contributed by atoms with E-state index >= 15 is 0 Å². The van der Waals surface area contributed by atoms with E-state index in [0.29, 0.717) is 0 Å². The van der Waals surface area contributed by atoms with Crippen molar-refractivity contribution >= 4 is 10.0 Å². The second-order valence-corrected chi connectivity index (χ2v) is 4.59. The van der Waals surface area contributed by atoms with Gasteiger partial charge in [-0.1, -0.05) is 0 Å². The third kappa shape index (κ3) is 7.93. The normalized spacial score (nSPS) is 15.1. The summed E-state index contributed by atoms with van der Waals surface area (Å²) in [4.78, 5) is 0. The number of hydrogen-bond acceptors (Lipinski definition) is 4. The molecule has 0 saturated heterocycles. The molecule has 0 aliphatic carbocycles. The molecular formula is C6H15NO4S. The first-order valence-corrected chi connectivity index (χ1v) is 5.48. The van der Waals surface area contributed by atoms with Crippen LogP contribution in [0.25, 0.3) is 0 Å². The highest BCUT2D eigenvalue weighted by Gasteiger charge is 2.08. The predicted molar refractivity (Wildman–Crippen MR) is 45.1 cm³/mol. The van der Waals surface area contributed by atoms with Crippen LogP contribution in [0.2, 0.25) is 0 Å². The van der Waals surface area contributed by atoms with Gasteiger partial charge in [-0.05, 0) is 13.8 Å². The average Bonchev–Trinajstić information content (AvgIpc) is 1.80. The molecule has 1 atom stereocenters. The Morgan fingerprint density at radius 2 is 2.00 bits per heavy atom. The van der Waals surface area contributed by atoms with Crippen LogP contribution in [0.15, 0.2) is 0 Å². The quantitative estimate of drug-likeness (QED) is 0.570. The standard InChI is InChI=1S/C6H15NO4S/c1-5(2)11-6(8)4-7-12(3,9)10/h5-8H,4H2,1-3H3. The number of sulfonamides is 1. The Morgan fingerprint density at radius 1 is 1.50 bits per heavy atom. The van der Waals surface area contributed by atoms with E-state index in [9.17, 15) is 8.42 Å². The second kappa shape index (κ2) is 4.76. The summed E-state index contributed by atoms with van der Waals surface area (Å²) in [5.74, 6) is 0. The van der Waals surface area contributed by atoms with Gasteiger partial charge < -0.3 is 9.84 Å². The molecule has 74 valence electrons. The van der Waals surface area contributed by atoms with Crippen molar-refractivity contribution in [2.75, 3.05) is 12.8 Å². The molecule has 0 aromatic rings. The molecular weight excluding hydrogens is 182 g/mol. The van der Waals surface area contributed by atoms with Gasteiger partial charge >= 0.3 is 0 Å². The van der Waals surface area contributed by atoms with E-state index in [1.165, 1.54) is 0 Å². The molecule has 0 spiro atoms. The van der Waals surface area contributed by atoms with E-state index in [4.69, 9.17) is 9.84 Å². The molecule has 0 bridgehead atoms. The lowest BCUT2D eigenvalue weighted by atomic mass is 10.5.